The van der Waals surface area contributed by atoms with Crippen molar-refractivity contribution in [1.82, 2.24) is 13.7 Å². The lowest BCUT2D eigenvalue weighted by Crippen LogP contribution is -2.24. The molecule has 14 heteroatoms. The highest BCUT2D eigenvalue weighted by Crippen LogP contribution is 2.35. The smallest absolute Gasteiger partial charge is 0.250 e. The number of amides is 1. The van der Waals surface area contributed by atoms with E-state index in [0.717, 1.165) is 12.8 Å². The molecule has 1 amide bonds. The van der Waals surface area contributed by atoms with Crippen molar-refractivity contribution in [2.75, 3.05) is 13.2 Å². The number of ether oxygens (including phenoxy) is 3. The molecular formula is C32H42N6O8. The molecule has 6 rings (SSSR count). The van der Waals surface area contributed by atoms with Crippen LogP contribution in [0.25, 0.3) is 0 Å². The summed E-state index contributed by atoms with van der Waals surface area (Å²) in [5.41, 5.74) is 6.77. The van der Waals surface area contributed by atoms with Gasteiger partial charge >= 0.3 is 0 Å². The molecule has 0 saturated carbocycles. The Morgan fingerprint density at radius 3 is 1.59 bits per heavy atom. The maximum absolute atomic E-state index is 10.9. The van der Waals surface area contributed by atoms with Gasteiger partial charge in [0.1, 0.15) is 43.0 Å². The van der Waals surface area contributed by atoms with Crippen LogP contribution in [0.15, 0.2) is 55.4 Å². The quantitative estimate of drug-likeness (QED) is 0.253. The van der Waals surface area contributed by atoms with E-state index in [1.807, 2.05) is 29.1 Å². The summed E-state index contributed by atoms with van der Waals surface area (Å²) in [4.78, 5) is 10.9. The molecule has 0 radical (unpaired) electrons. The number of aromatic nitrogens is 3. The molecule has 46 heavy (non-hydrogen) atoms. The predicted octanol–water partition coefficient (Wildman–Crippen LogP) is 1.92. The number of rotatable bonds is 7. The molecule has 3 saturated heterocycles. The third-order valence-corrected chi connectivity index (χ3v) is 8.39. The number of hydrogen-bond donors (Lipinski definition) is 5. The van der Waals surface area contributed by atoms with Crippen molar-refractivity contribution in [1.29, 1.82) is 10.5 Å². The number of carbonyl (C=O) groups is 1. The fourth-order valence-electron chi connectivity index (χ4n) is 5.73. The molecule has 9 unspecified atom stereocenters. The third kappa shape index (κ3) is 8.43. The average molecular weight is 639 g/mol. The normalized spacial score (nSPS) is 30.0. The lowest BCUT2D eigenvalue weighted by Gasteiger charge is -2.14. The van der Waals surface area contributed by atoms with Crippen LogP contribution in [0.1, 0.15) is 79.7 Å². The van der Waals surface area contributed by atoms with Crippen molar-refractivity contribution < 1.29 is 39.4 Å². The van der Waals surface area contributed by atoms with Gasteiger partial charge in [-0.15, -0.1) is 0 Å². The zero-order valence-electron chi connectivity index (χ0n) is 25.9. The van der Waals surface area contributed by atoms with Crippen molar-refractivity contribution in [2.24, 2.45) is 11.7 Å². The first-order valence-corrected chi connectivity index (χ1v) is 15.3. The van der Waals surface area contributed by atoms with Gasteiger partial charge in [-0.1, -0.05) is 13.8 Å². The minimum absolute atomic E-state index is 0.118. The average Bonchev–Trinajstić information content (AvgIpc) is 3.90. The Kier molecular flexibility index (Phi) is 12.1. The summed E-state index contributed by atoms with van der Waals surface area (Å²) in [6.07, 6.45) is 10.7. The Balaban J connectivity index is 0.000000157. The van der Waals surface area contributed by atoms with E-state index in [9.17, 15) is 15.0 Å². The van der Waals surface area contributed by atoms with Gasteiger partial charge in [0.15, 0.2) is 0 Å². The number of nitrogens with zero attached hydrogens (tertiary/aromatic N) is 5. The first kappa shape index (κ1) is 34.9. The van der Waals surface area contributed by atoms with Crippen LogP contribution in [-0.2, 0) is 14.2 Å². The highest BCUT2D eigenvalue weighted by Gasteiger charge is 2.35. The molecule has 9 atom stereocenters. The SMILES string of the molecule is CCC1OC(n2ccc(C#N)c2)CC1C.N#Cc1ccn(C2CC(O)C(CO)O2)c1.NC(=O)c1ccn(C2CC(O)C(CO)O2)c1. The van der Waals surface area contributed by atoms with Gasteiger partial charge in [0, 0.05) is 50.0 Å². The maximum Gasteiger partial charge on any atom is 0.250 e. The molecule has 0 bridgehead atoms. The van der Waals surface area contributed by atoms with Crippen LogP contribution >= 0.6 is 0 Å². The molecule has 3 aromatic heterocycles. The summed E-state index contributed by atoms with van der Waals surface area (Å²) in [5, 5.41) is 54.3. The van der Waals surface area contributed by atoms with Crippen LogP contribution in [0, 0.1) is 28.6 Å². The first-order valence-electron chi connectivity index (χ1n) is 15.3. The summed E-state index contributed by atoms with van der Waals surface area (Å²) >= 11 is 0. The zero-order chi connectivity index (χ0) is 33.4. The molecule has 3 fully saturated rings. The predicted molar refractivity (Wildman–Crippen MR) is 162 cm³/mol. The third-order valence-electron chi connectivity index (χ3n) is 8.39. The number of primary amides is 1. The Morgan fingerprint density at radius 2 is 1.24 bits per heavy atom. The largest absolute Gasteiger partial charge is 0.394 e. The summed E-state index contributed by atoms with van der Waals surface area (Å²) in [5.74, 6) is 0.101. The molecule has 3 aliphatic heterocycles. The van der Waals surface area contributed by atoms with E-state index < -0.39 is 30.3 Å². The van der Waals surface area contributed by atoms with Gasteiger partial charge in [0.2, 0.25) is 5.91 Å². The lowest BCUT2D eigenvalue weighted by molar-refractivity contribution is -0.0442. The van der Waals surface area contributed by atoms with Gasteiger partial charge in [-0.3, -0.25) is 4.79 Å². The summed E-state index contributed by atoms with van der Waals surface area (Å²) < 4.78 is 22.2. The van der Waals surface area contributed by atoms with Gasteiger partial charge in [-0.05, 0) is 37.0 Å². The zero-order valence-corrected chi connectivity index (χ0v) is 25.9. The Hall–Kier alpha value is -3.99. The molecule has 3 aliphatic rings. The number of hydrogen-bond acceptors (Lipinski definition) is 10. The highest BCUT2D eigenvalue weighted by molar-refractivity contribution is 5.92. The Morgan fingerprint density at radius 1 is 0.804 bits per heavy atom. The van der Waals surface area contributed by atoms with E-state index >= 15 is 0 Å². The van der Waals surface area contributed by atoms with Gasteiger partial charge in [0.25, 0.3) is 0 Å². The van der Waals surface area contributed by atoms with E-state index in [1.165, 1.54) is 0 Å². The fourth-order valence-corrected chi connectivity index (χ4v) is 5.73. The van der Waals surface area contributed by atoms with E-state index in [-0.39, 0.29) is 31.9 Å². The summed E-state index contributed by atoms with van der Waals surface area (Å²) in [6, 6.07) is 9.25. The number of nitriles is 2. The molecular weight excluding hydrogens is 596 g/mol. The van der Waals surface area contributed by atoms with Crippen molar-refractivity contribution in [3.05, 3.63) is 72.1 Å². The van der Waals surface area contributed by atoms with Crippen LogP contribution in [0.4, 0.5) is 0 Å². The Bertz CT molecular complexity index is 1430. The fraction of sp³-hybridized carbons (Fsp3) is 0.531. The lowest BCUT2D eigenvalue weighted by atomic mass is 10.0. The highest BCUT2D eigenvalue weighted by atomic mass is 16.5. The number of carbonyl (C=O) groups excluding carboxylic acids is 1. The van der Waals surface area contributed by atoms with E-state index in [0.29, 0.717) is 41.6 Å². The van der Waals surface area contributed by atoms with Crippen molar-refractivity contribution in [3.63, 3.8) is 0 Å². The van der Waals surface area contributed by atoms with Gasteiger partial charge in [0.05, 0.1) is 48.2 Å². The standard InChI is InChI=1S/C12H16N2O.C10H14N2O4.C10H12N2O3/c1-3-11-9(2)6-12(15-11)14-5-4-10(7-13)8-14;11-10(15)6-1-2-12(4-6)9-3-7(14)8(5-13)16-9;11-4-7-1-2-12(5-7)10-3-8(14)9(6-13)15-10/h4-5,8-9,11-12H,3,6H2,1-2H3;1-2,4,7-9,13-14H,3,5H2,(H2,11,15);1-2,5,8-10,13-14H,3,6H2. The molecule has 3 aromatic rings. The molecule has 6 heterocycles. The van der Waals surface area contributed by atoms with Crippen LogP contribution < -0.4 is 5.73 Å². The van der Waals surface area contributed by atoms with Gasteiger partial charge in [-0.25, -0.2) is 0 Å². The van der Waals surface area contributed by atoms with Crippen LogP contribution in [0.3, 0.4) is 0 Å². The molecule has 0 spiro atoms. The molecule has 14 nitrogen and oxygen atoms in total. The summed E-state index contributed by atoms with van der Waals surface area (Å²) in [6.45, 7) is 3.97. The number of aliphatic hydroxyl groups excluding tert-OH is 4. The Labute approximate surface area is 267 Å². The minimum atomic E-state index is -0.686. The second kappa shape index (κ2) is 16.0. The van der Waals surface area contributed by atoms with Crippen LogP contribution in [0.2, 0.25) is 0 Å². The maximum atomic E-state index is 10.9. The first-order chi connectivity index (χ1) is 22.1. The van der Waals surface area contributed by atoms with Crippen molar-refractivity contribution in [3.8, 4) is 12.1 Å². The van der Waals surface area contributed by atoms with E-state index in [4.69, 9.17) is 40.7 Å². The molecule has 0 aliphatic carbocycles. The van der Waals surface area contributed by atoms with Crippen molar-refractivity contribution in [2.45, 2.75) is 88.7 Å². The monoisotopic (exact) mass is 638 g/mol. The topological polar surface area (TPSA) is 214 Å². The van der Waals surface area contributed by atoms with Crippen molar-refractivity contribution >= 4 is 5.91 Å². The molecule has 6 N–H and O–H groups in total. The van der Waals surface area contributed by atoms with Crippen LogP contribution in [-0.4, -0.2) is 83.8 Å². The molecule has 0 aromatic carbocycles. The van der Waals surface area contributed by atoms with Gasteiger partial charge in [-0.2, -0.15) is 10.5 Å². The van der Waals surface area contributed by atoms with E-state index in [2.05, 4.69) is 19.9 Å². The number of nitrogens with two attached hydrogens (primary N) is 1. The second-order valence-electron chi connectivity index (χ2n) is 11.6. The number of aliphatic hydroxyl groups is 4. The molecule has 248 valence electrons. The second-order valence-corrected chi connectivity index (χ2v) is 11.6. The minimum Gasteiger partial charge on any atom is -0.394 e. The van der Waals surface area contributed by atoms with E-state index in [1.54, 1.807) is 46.1 Å². The van der Waals surface area contributed by atoms with Gasteiger partial charge < -0.3 is 54.1 Å². The summed E-state index contributed by atoms with van der Waals surface area (Å²) in [7, 11) is 0. The van der Waals surface area contributed by atoms with Crippen LogP contribution in [0.5, 0.6) is 0 Å².